The summed E-state index contributed by atoms with van der Waals surface area (Å²) in [6.07, 6.45) is 1.56. The van der Waals surface area contributed by atoms with Gasteiger partial charge in [-0.05, 0) is 48.7 Å². The largest absolute Gasteiger partial charge is 0.492 e. The van der Waals surface area contributed by atoms with Crippen LogP contribution in [-0.4, -0.2) is 21.6 Å². The quantitative estimate of drug-likeness (QED) is 0.792. The molecule has 2 rings (SSSR count). The third-order valence-electron chi connectivity index (χ3n) is 3.11. The maximum atomic E-state index is 11.9. The minimum atomic E-state index is -3.46. The SMILES string of the molecule is Cc1cc(C)cc(OCCNS(=O)(=O)/C=C/c2ccccc2)c1. The van der Waals surface area contributed by atoms with E-state index in [2.05, 4.69) is 10.8 Å². The number of aryl methyl sites for hydroxylation is 2. The van der Waals surface area contributed by atoms with E-state index in [1.807, 2.05) is 56.3 Å². The van der Waals surface area contributed by atoms with Gasteiger partial charge in [-0.3, -0.25) is 0 Å². The van der Waals surface area contributed by atoms with Gasteiger partial charge >= 0.3 is 0 Å². The lowest BCUT2D eigenvalue weighted by atomic mass is 10.1. The molecule has 0 radical (unpaired) electrons. The molecule has 0 heterocycles. The van der Waals surface area contributed by atoms with E-state index >= 15 is 0 Å². The smallest absolute Gasteiger partial charge is 0.233 e. The summed E-state index contributed by atoms with van der Waals surface area (Å²) in [6.45, 7) is 4.49. The van der Waals surface area contributed by atoms with E-state index in [9.17, 15) is 8.42 Å². The molecule has 0 bridgehead atoms. The van der Waals surface area contributed by atoms with Gasteiger partial charge in [-0.15, -0.1) is 0 Å². The minimum absolute atomic E-state index is 0.217. The molecule has 4 nitrogen and oxygen atoms in total. The van der Waals surface area contributed by atoms with Crippen LogP contribution in [0.4, 0.5) is 0 Å². The van der Waals surface area contributed by atoms with Crippen molar-refractivity contribution >= 4 is 16.1 Å². The van der Waals surface area contributed by atoms with Crippen molar-refractivity contribution in [1.82, 2.24) is 4.72 Å². The Balaban J connectivity index is 1.82. The average molecular weight is 331 g/mol. The van der Waals surface area contributed by atoms with E-state index in [4.69, 9.17) is 4.74 Å². The molecule has 0 spiro atoms. The Morgan fingerprint density at radius 1 is 1.04 bits per heavy atom. The Labute approximate surface area is 137 Å². The fraction of sp³-hybridized carbons (Fsp3) is 0.222. The lowest BCUT2D eigenvalue weighted by molar-refractivity contribution is 0.322. The number of hydrogen-bond donors (Lipinski definition) is 1. The molecule has 0 amide bonds. The highest BCUT2D eigenvalue weighted by Gasteiger charge is 2.04. The summed E-state index contributed by atoms with van der Waals surface area (Å²) in [5.41, 5.74) is 3.07. The number of rotatable bonds is 7. The van der Waals surface area contributed by atoms with Gasteiger partial charge < -0.3 is 4.74 Å². The molecule has 0 fully saturated rings. The molecule has 2 aromatic carbocycles. The third kappa shape index (κ3) is 6.26. The lowest BCUT2D eigenvalue weighted by Crippen LogP contribution is -2.26. The molecule has 23 heavy (non-hydrogen) atoms. The summed E-state index contributed by atoms with van der Waals surface area (Å²) in [7, 11) is -3.46. The molecule has 2 aromatic rings. The maximum absolute atomic E-state index is 11.9. The van der Waals surface area contributed by atoms with Crippen molar-refractivity contribution in [2.24, 2.45) is 0 Å². The Morgan fingerprint density at radius 2 is 1.70 bits per heavy atom. The monoisotopic (exact) mass is 331 g/mol. The fourth-order valence-electron chi connectivity index (χ4n) is 2.15. The van der Waals surface area contributed by atoms with E-state index in [1.54, 1.807) is 6.08 Å². The van der Waals surface area contributed by atoms with Crippen molar-refractivity contribution < 1.29 is 13.2 Å². The Bertz CT molecular complexity index is 748. The first kappa shape index (κ1) is 17.2. The second-order valence-corrected chi connectivity index (χ2v) is 6.98. The summed E-state index contributed by atoms with van der Waals surface area (Å²) in [6, 6.07) is 15.2. The third-order valence-corrected chi connectivity index (χ3v) is 4.21. The molecule has 0 aliphatic rings. The molecular weight excluding hydrogens is 310 g/mol. The van der Waals surface area contributed by atoms with Crippen LogP contribution >= 0.6 is 0 Å². The normalized spacial score (nSPS) is 11.7. The molecular formula is C18H21NO3S. The fourth-order valence-corrected chi connectivity index (χ4v) is 2.95. The van der Waals surface area contributed by atoms with Gasteiger partial charge in [-0.1, -0.05) is 36.4 Å². The lowest BCUT2D eigenvalue weighted by Gasteiger charge is -2.08. The zero-order chi connectivity index (χ0) is 16.7. The number of hydrogen-bond acceptors (Lipinski definition) is 3. The molecule has 122 valence electrons. The van der Waals surface area contributed by atoms with Gasteiger partial charge in [0.1, 0.15) is 12.4 Å². The molecule has 0 saturated carbocycles. The number of benzene rings is 2. The van der Waals surface area contributed by atoms with Gasteiger partial charge in [-0.2, -0.15) is 0 Å². The second kappa shape index (κ2) is 7.94. The molecule has 1 N–H and O–H groups in total. The predicted octanol–water partition coefficient (Wildman–Crippen LogP) is 3.27. The molecule has 0 unspecified atom stereocenters. The first-order chi connectivity index (χ1) is 10.9. The van der Waals surface area contributed by atoms with Crippen molar-refractivity contribution in [3.05, 3.63) is 70.6 Å². The molecule has 0 aromatic heterocycles. The standard InChI is InChI=1S/C18H21NO3S/c1-15-12-16(2)14-18(13-15)22-10-9-19-23(20,21)11-8-17-6-4-3-5-7-17/h3-8,11-14,19H,9-10H2,1-2H3/b11-8+. The number of sulfonamides is 1. The van der Waals surface area contributed by atoms with E-state index in [0.717, 1.165) is 22.4 Å². The van der Waals surface area contributed by atoms with Crippen molar-refractivity contribution in [2.75, 3.05) is 13.2 Å². The van der Waals surface area contributed by atoms with Crippen LogP contribution in [0.2, 0.25) is 0 Å². The van der Waals surface area contributed by atoms with Gasteiger partial charge in [0, 0.05) is 12.0 Å². The van der Waals surface area contributed by atoms with E-state index < -0.39 is 10.0 Å². The Morgan fingerprint density at radius 3 is 2.35 bits per heavy atom. The van der Waals surface area contributed by atoms with Crippen LogP contribution in [0, 0.1) is 13.8 Å². The van der Waals surface area contributed by atoms with Gasteiger partial charge in [0.2, 0.25) is 10.0 Å². The molecule has 0 aliphatic carbocycles. The highest BCUT2D eigenvalue weighted by Crippen LogP contribution is 2.15. The number of ether oxygens (including phenoxy) is 1. The first-order valence-electron chi connectivity index (χ1n) is 7.38. The Kier molecular flexibility index (Phi) is 5.96. The summed E-state index contributed by atoms with van der Waals surface area (Å²) >= 11 is 0. The zero-order valence-corrected chi connectivity index (χ0v) is 14.1. The molecule has 5 heteroatoms. The van der Waals surface area contributed by atoms with Gasteiger partial charge in [-0.25, -0.2) is 13.1 Å². The van der Waals surface area contributed by atoms with E-state index in [1.165, 1.54) is 5.41 Å². The van der Waals surface area contributed by atoms with Gasteiger partial charge in [0.05, 0.1) is 0 Å². The predicted molar refractivity (Wildman–Crippen MR) is 93.8 cm³/mol. The van der Waals surface area contributed by atoms with E-state index in [-0.39, 0.29) is 13.2 Å². The highest BCUT2D eigenvalue weighted by molar-refractivity contribution is 7.92. The maximum Gasteiger partial charge on any atom is 0.233 e. The van der Waals surface area contributed by atoms with Crippen LogP contribution in [0.15, 0.2) is 53.9 Å². The Hall–Kier alpha value is -2.11. The van der Waals surface area contributed by atoms with Crippen LogP contribution in [0.3, 0.4) is 0 Å². The summed E-state index contributed by atoms with van der Waals surface area (Å²) < 4.78 is 31.8. The van der Waals surface area contributed by atoms with E-state index in [0.29, 0.717) is 0 Å². The number of nitrogens with one attached hydrogen (secondary N) is 1. The van der Waals surface area contributed by atoms with Crippen molar-refractivity contribution in [3.8, 4) is 5.75 Å². The average Bonchev–Trinajstić information content (AvgIpc) is 2.50. The molecule has 0 aliphatic heterocycles. The van der Waals surface area contributed by atoms with Gasteiger partial charge in [0.25, 0.3) is 0 Å². The second-order valence-electron chi connectivity index (χ2n) is 5.32. The first-order valence-corrected chi connectivity index (χ1v) is 8.93. The summed E-state index contributed by atoms with van der Waals surface area (Å²) in [4.78, 5) is 0. The minimum Gasteiger partial charge on any atom is -0.492 e. The summed E-state index contributed by atoms with van der Waals surface area (Å²) in [5.74, 6) is 0.751. The zero-order valence-electron chi connectivity index (χ0n) is 13.3. The topological polar surface area (TPSA) is 55.4 Å². The highest BCUT2D eigenvalue weighted by atomic mass is 32.2. The van der Waals surface area contributed by atoms with Crippen LogP contribution in [0.25, 0.3) is 6.08 Å². The molecule has 0 saturated heterocycles. The molecule has 0 atom stereocenters. The van der Waals surface area contributed by atoms with Crippen molar-refractivity contribution in [1.29, 1.82) is 0 Å². The van der Waals surface area contributed by atoms with Crippen molar-refractivity contribution in [3.63, 3.8) is 0 Å². The van der Waals surface area contributed by atoms with Crippen LogP contribution in [0.1, 0.15) is 16.7 Å². The van der Waals surface area contributed by atoms with Crippen molar-refractivity contribution in [2.45, 2.75) is 13.8 Å². The van der Waals surface area contributed by atoms with Gasteiger partial charge in [0.15, 0.2) is 0 Å². The van der Waals surface area contributed by atoms with Crippen LogP contribution in [0.5, 0.6) is 5.75 Å². The van der Waals surface area contributed by atoms with Crippen LogP contribution < -0.4 is 9.46 Å². The van der Waals surface area contributed by atoms with Crippen LogP contribution in [-0.2, 0) is 10.0 Å². The summed E-state index contributed by atoms with van der Waals surface area (Å²) in [5, 5.41) is 1.17.